The van der Waals surface area contributed by atoms with Gasteiger partial charge in [0.1, 0.15) is 11.5 Å². The molecule has 2 aromatic rings. The highest BCUT2D eigenvalue weighted by Crippen LogP contribution is 2.23. The Morgan fingerprint density at radius 1 is 1.05 bits per heavy atom. The summed E-state index contributed by atoms with van der Waals surface area (Å²) < 4.78 is 10.7. The Balaban J connectivity index is 1.90. The number of amides is 1. The van der Waals surface area contributed by atoms with Crippen LogP contribution < -0.4 is 15.8 Å². The molecule has 0 fully saturated rings. The monoisotopic (exact) mass is 300 g/mol. The van der Waals surface area contributed by atoms with E-state index < -0.39 is 6.09 Å². The van der Waals surface area contributed by atoms with Crippen molar-refractivity contribution in [2.45, 2.75) is 13.8 Å². The van der Waals surface area contributed by atoms with Crippen LogP contribution in [0.4, 0.5) is 16.2 Å². The molecule has 0 aliphatic heterocycles. The van der Waals surface area contributed by atoms with Crippen LogP contribution in [0, 0.1) is 5.92 Å². The van der Waals surface area contributed by atoms with Gasteiger partial charge in [0.25, 0.3) is 0 Å². The van der Waals surface area contributed by atoms with Crippen LogP contribution in [0.3, 0.4) is 0 Å². The average molecular weight is 300 g/mol. The number of benzene rings is 2. The van der Waals surface area contributed by atoms with Gasteiger partial charge >= 0.3 is 6.09 Å². The highest BCUT2D eigenvalue weighted by Gasteiger charge is 2.05. The van der Waals surface area contributed by atoms with Gasteiger partial charge in [0.05, 0.1) is 6.61 Å². The number of carbonyl (C=O) groups excluding carboxylic acids is 1. The summed E-state index contributed by atoms with van der Waals surface area (Å²) in [6.45, 7) is 4.36. The predicted molar refractivity (Wildman–Crippen MR) is 87.2 cm³/mol. The van der Waals surface area contributed by atoms with E-state index in [1.165, 1.54) is 0 Å². The summed E-state index contributed by atoms with van der Waals surface area (Å²) in [5, 5.41) is 2.66. The van der Waals surface area contributed by atoms with Crippen molar-refractivity contribution in [1.29, 1.82) is 0 Å². The van der Waals surface area contributed by atoms with Crippen molar-refractivity contribution in [3.8, 4) is 11.5 Å². The van der Waals surface area contributed by atoms with Crippen LogP contribution in [0.2, 0.25) is 0 Å². The van der Waals surface area contributed by atoms with Crippen LogP contribution in [0.1, 0.15) is 13.8 Å². The second kappa shape index (κ2) is 7.36. The van der Waals surface area contributed by atoms with E-state index in [1.807, 2.05) is 13.8 Å². The molecule has 5 nitrogen and oxygen atoms in total. The molecule has 0 aromatic heterocycles. The Morgan fingerprint density at radius 2 is 1.59 bits per heavy atom. The molecule has 3 N–H and O–H groups in total. The van der Waals surface area contributed by atoms with Gasteiger partial charge in [-0.05, 0) is 54.4 Å². The van der Waals surface area contributed by atoms with Crippen LogP contribution >= 0.6 is 0 Å². The van der Waals surface area contributed by atoms with E-state index in [0.29, 0.717) is 35.4 Å². The first-order chi connectivity index (χ1) is 10.5. The fraction of sp³-hybridized carbons (Fsp3) is 0.235. The molecule has 0 atom stereocenters. The van der Waals surface area contributed by atoms with E-state index in [1.54, 1.807) is 48.5 Å². The maximum atomic E-state index is 11.5. The van der Waals surface area contributed by atoms with Gasteiger partial charge in [-0.2, -0.15) is 0 Å². The van der Waals surface area contributed by atoms with Crippen LogP contribution in [-0.2, 0) is 4.74 Å². The number of ether oxygens (including phenoxy) is 2. The second-order valence-electron chi connectivity index (χ2n) is 5.31. The zero-order chi connectivity index (χ0) is 15.9. The van der Waals surface area contributed by atoms with Crippen molar-refractivity contribution in [1.82, 2.24) is 0 Å². The molecule has 0 aliphatic rings. The molecule has 0 saturated carbocycles. The number of nitrogen functional groups attached to an aromatic ring is 1. The van der Waals surface area contributed by atoms with E-state index in [0.717, 1.165) is 0 Å². The average Bonchev–Trinajstić information content (AvgIpc) is 2.49. The van der Waals surface area contributed by atoms with Crippen molar-refractivity contribution in [2.24, 2.45) is 5.92 Å². The molecule has 2 aromatic carbocycles. The van der Waals surface area contributed by atoms with Crippen molar-refractivity contribution >= 4 is 17.5 Å². The van der Waals surface area contributed by atoms with Gasteiger partial charge in [-0.15, -0.1) is 0 Å². The predicted octanol–water partition coefficient (Wildman–Crippen LogP) is 4.27. The molecule has 5 heteroatoms. The number of nitrogens with two attached hydrogens (primary N) is 1. The lowest BCUT2D eigenvalue weighted by molar-refractivity contribution is 0.147. The molecule has 22 heavy (non-hydrogen) atoms. The Bertz CT molecular complexity index is 607. The van der Waals surface area contributed by atoms with Crippen molar-refractivity contribution < 1.29 is 14.3 Å². The van der Waals surface area contributed by atoms with E-state index in [2.05, 4.69) is 5.32 Å². The molecule has 116 valence electrons. The third kappa shape index (κ3) is 5.01. The highest BCUT2D eigenvalue weighted by molar-refractivity contribution is 5.84. The smallest absolute Gasteiger partial charge is 0.411 e. The SMILES string of the molecule is CC(C)COC(=O)Nc1ccc(Oc2ccc(N)cc2)cc1. The van der Waals surface area contributed by atoms with Crippen LogP contribution in [0.25, 0.3) is 0 Å². The molecule has 0 saturated heterocycles. The fourth-order valence-electron chi connectivity index (χ4n) is 1.67. The minimum Gasteiger partial charge on any atom is -0.457 e. The minimum absolute atomic E-state index is 0.307. The van der Waals surface area contributed by atoms with Crippen molar-refractivity contribution in [3.63, 3.8) is 0 Å². The molecular weight excluding hydrogens is 280 g/mol. The molecule has 1 amide bonds. The van der Waals surface area contributed by atoms with E-state index in [-0.39, 0.29) is 0 Å². The first kappa shape index (κ1) is 15.7. The number of nitrogens with one attached hydrogen (secondary N) is 1. The molecule has 0 spiro atoms. The quantitative estimate of drug-likeness (QED) is 0.809. The number of rotatable bonds is 5. The first-order valence-electron chi connectivity index (χ1n) is 7.10. The molecule has 0 heterocycles. The standard InChI is InChI=1S/C17H20N2O3/c1-12(2)11-21-17(20)19-14-5-9-16(10-6-14)22-15-7-3-13(18)4-8-15/h3-10,12H,11,18H2,1-2H3,(H,19,20). The largest absolute Gasteiger partial charge is 0.457 e. The normalized spacial score (nSPS) is 10.3. The molecule has 0 bridgehead atoms. The first-order valence-corrected chi connectivity index (χ1v) is 7.10. The second-order valence-corrected chi connectivity index (χ2v) is 5.31. The summed E-state index contributed by atoms with van der Waals surface area (Å²) >= 11 is 0. The van der Waals surface area contributed by atoms with Gasteiger partial charge in [0.15, 0.2) is 0 Å². The maximum absolute atomic E-state index is 11.5. The van der Waals surface area contributed by atoms with Gasteiger partial charge in [0.2, 0.25) is 0 Å². The zero-order valence-electron chi connectivity index (χ0n) is 12.7. The fourth-order valence-corrected chi connectivity index (χ4v) is 1.67. The number of hydrogen-bond acceptors (Lipinski definition) is 4. The summed E-state index contributed by atoms with van der Waals surface area (Å²) in [6.07, 6.45) is -0.457. The summed E-state index contributed by atoms with van der Waals surface area (Å²) in [5.41, 5.74) is 6.96. The highest BCUT2D eigenvalue weighted by atomic mass is 16.5. The van der Waals surface area contributed by atoms with Gasteiger partial charge in [-0.25, -0.2) is 4.79 Å². The van der Waals surface area contributed by atoms with E-state index in [9.17, 15) is 4.79 Å². The summed E-state index contributed by atoms with van der Waals surface area (Å²) in [4.78, 5) is 11.5. The summed E-state index contributed by atoms with van der Waals surface area (Å²) in [5.74, 6) is 1.68. The number of carbonyl (C=O) groups is 1. The summed E-state index contributed by atoms with van der Waals surface area (Å²) in [7, 11) is 0. The van der Waals surface area contributed by atoms with Gasteiger partial charge < -0.3 is 15.2 Å². The lowest BCUT2D eigenvalue weighted by Gasteiger charge is -2.10. The third-order valence-corrected chi connectivity index (χ3v) is 2.76. The number of anilines is 2. The van der Waals surface area contributed by atoms with Crippen LogP contribution in [0.15, 0.2) is 48.5 Å². The molecule has 2 rings (SSSR count). The van der Waals surface area contributed by atoms with Crippen molar-refractivity contribution in [2.75, 3.05) is 17.7 Å². The lowest BCUT2D eigenvalue weighted by Crippen LogP contribution is -2.16. The zero-order valence-corrected chi connectivity index (χ0v) is 12.7. The van der Waals surface area contributed by atoms with Gasteiger partial charge in [-0.1, -0.05) is 13.8 Å². The number of hydrogen-bond donors (Lipinski definition) is 2. The van der Waals surface area contributed by atoms with Crippen molar-refractivity contribution in [3.05, 3.63) is 48.5 Å². The maximum Gasteiger partial charge on any atom is 0.411 e. The molecule has 0 aliphatic carbocycles. The minimum atomic E-state index is -0.457. The summed E-state index contributed by atoms with van der Waals surface area (Å²) in [6, 6.07) is 14.2. The van der Waals surface area contributed by atoms with Gasteiger partial charge in [-0.3, -0.25) is 5.32 Å². The Morgan fingerprint density at radius 3 is 2.14 bits per heavy atom. The Kier molecular flexibility index (Phi) is 5.25. The molecule has 0 radical (unpaired) electrons. The Hall–Kier alpha value is -2.69. The van der Waals surface area contributed by atoms with E-state index >= 15 is 0 Å². The molecule has 0 unspecified atom stereocenters. The van der Waals surface area contributed by atoms with Gasteiger partial charge in [0, 0.05) is 11.4 Å². The topological polar surface area (TPSA) is 73.6 Å². The van der Waals surface area contributed by atoms with Crippen LogP contribution in [-0.4, -0.2) is 12.7 Å². The molecular formula is C17H20N2O3. The lowest BCUT2D eigenvalue weighted by atomic mass is 10.2. The Labute approximate surface area is 130 Å². The van der Waals surface area contributed by atoms with E-state index in [4.69, 9.17) is 15.2 Å². The van der Waals surface area contributed by atoms with Crippen LogP contribution in [0.5, 0.6) is 11.5 Å². The third-order valence-electron chi connectivity index (χ3n) is 2.76.